The molecule has 6 nitrogen and oxygen atoms in total. The Labute approximate surface area is 155 Å². The van der Waals surface area contributed by atoms with Crippen LogP contribution in [0.25, 0.3) is 0 Å². The fourth-order valence-electron chi connectivity index (χ4n) is 2.57. The lowest BCUT2D eigenvalue weighted by Gasteiger charge is -2.23. The first-order valence-corrected chi connectivity index (χ1v) is 7.91. The summed E-state index contributed by atoms with van der Waals surface area (Å²) in [6.07, 6.45) is 7.92. The van der Waals surface area contributed by atoms with Crippen LogP contribution in [0.5, 0.6) is 5.88 Å². The number of pyridine rings is 1. The smallest absolute Gasteiger partial charge is 0.218 e. The Bertz CT molecular complexity index is 479. The van der Waals surface area contributed by atoms with Gasteiger partial charge in [-0.1, -0.05) is 25.3 Å². The number of halogens is 1. The van der Waals surface area contributed by atoms with Gasteiger partial charge in [0.05, 0.1) is 13.2 Å². The van der Waals surface area contributed by atoms with Crippen molar-refractivity contribution in [3.63, 3.8) is 0 Å². The minimum atomic E-state index is 0. The molecule has 1 aliphatic rings. The molecule has 0 unspecified atom stereocenters. The summed E-state index contributed by atoms with van der Waals surface area (Å²) in [5.41, 5.74) is 6.90. The summed E-state index contributed by atoms with van der Waals surface area (Å²) in [4.78, 5) is 8.65. The maximum atomic E-state index is 5.98. The van der Waals surface area contributed by atoms with Gasteiger partial charge in [-0.15, -0.1) is 24.0 Å². The van der Waals surface area contributed by atoms with E-state index >= 15 is 0 Å². The monoisotopic (exact) mass is 434 g/mol. The van der Waals surface area contributed by atoms with Crippen molar-refractivity contribution in [2.45, 2.75) is 44.7 Å². The molecule has 2 rings (SSSR count). The average Bonchev–Trinajstić information content (AvgIpc) is 2.55. The van der Waals surface area contributed by atoms with Gasteiger partial charge < -0.3 is 20.5 Å². The van der Waals surface area contributed by atoms with E-state index in [1.165, 1.54) is 32.1 Å². The Hall–Kier alpha value is -1.09. The molecule has 1 aromatic rings. The number of hydrogen-bond acceptors (Lipinski definition) is 4. The number of nitrogens with one attached hydrogen (secondary N) is 1. The zero-order valence-corrected chi connectivity index (χ0v) is 16.0. The number of rotatable bonds is 7. The van der Waals surface area contributed by atoms with E-state index in [0.29, 0.717) is 37.6 Å². The second-order valence-corrected chi connectivity index (χ2v) is 5.49. The molecule has 0 aliphatic heterocycles. The molecule has 1 saturated carbocycles. The minimum absolute atomic E-state index is 0. The number of aliphatic imine (C=N–C) groups is 1. The lowest BCUT2D eigenvalue weighted by atomic mass is 9.96. The van der Waals surface area contributed by atoms with Gasteiger partial charge in [-0.2, -0.15) is 0 Å². The van der Waals surface area contributed by atoms with Crippen molar-refractivity contribution >= 4 is 29.9 Å². The van der Waals surface area contributed by atoms with E-state index < -0.39 is 0 Å². The van der Waals surface area contributed by atoms with Crippen molar-refractivity contribution in [3.05, 3.63) is 23.9 Å². The largest absolute Gasteiger partial charge is 0.475 e. The van der Waals surface area contributed by atoms with Gasteiger partial charge in [0.15, 0.2) is 5.96 Å². The molecule has 1 aliphatic carbocycles. The van der Waals surface area contributed by atoms with Crippen LogP contribution in [0.3, 0.4) is 0 Å². The zero-order valence-electron chi connectivity index (χ0n) is 13.7. The molecule has 1 aromatic heterocycles. The summed E-state index contributed by atoms with van der Waals surface area (Å²) in [5, 5.41) is 3.31. The Kier molecular flexibility index (Phi) is 9.93. The zero-order chi connectivity index (χ0) is 15.6. The van der Waals surface area contributed by atoms with Gasteiger partial charge in [-0.05, 0) is 18.9 Å². The molecule has 7 heteroatoms. The van der Waals surface area contributed by atoms with Crippen molar-refractivity contribution in [1.82, 2.24) is 10.3 Å². The second kappa shape index (κ2) is 11.4. The molecule has 0 atom stereocenters. The maximum absolute atomic E-state index is 5.98. The third kappa shape index (κ3) is 7.34. The van der Waals surface area contributed by atoms with Crippen LogP contribution in [-0.4, -0.2) is 37.3 Å². The highest BCUT2D eigenvalue weighted by atomic mass is 127. The molecular formula is C16H27IN4O2. The van der Waals surface area contributed by atoms with Gasteiger partial charge in [0.25, 0.3) is 0 Å². The van der Waals surface area contributed by atoms with E-state index in [2.05, 4.69) is 15.3 Å². The molecule has 0 amide bonds. The number of nitrogens with zero attached hydrogens (tertiary/aromatic N) is 2. The predicted molar refractivity (Wildman–Crippen MR) is 102 cm³/mol. The molecular weight excluding hydrogens is 407 g/mol. The molecule has 0 bridgehead atoms. The summed E-state index contributed by atoms with van der Waals surface area (Å²) in [6.45, 7) is 1.46. The summed E-state index contributed by atoms with van der Waals surface area (Å²) in [5.74, 6) is 1.09. The highest BCUT2D eigenvalue weighted by Crippen LogP contribution is 2.17. The van der Waals surface area contributed by atoms with Crippen molar-refractivity contribution in [2.75, 3.05) is 20.3 Å². The summed E-state index contributed by atoms with van der Waals surface area (Å²) in [7, 11) is 1.64. The fraction of sp³-hybridized carbons (Fsp3) is 0.625. The quantitative estimate of drug-likeness (QED) is 0.298. The molecule has 0 aromatic carbocycles. The highest BCUT2D eigenvalue weighted by molar-refractivity contribution is 14.0. The lowest BCUT2D eigenvalue weighted by molar-refractivity contribution is 0.143. The van der Waals surface area contributed by atoms with Gasteiger partial charge in [0.1, 0.15) is 6.61 Å². The number of nitrogens with two attached hydrogens (primary N) is 1. The van der Waals surface area contributed by atoms with Crippen molar-refractivity contribution in [1.29, 1.82) is 0 Å². The number of ether oxygens (including phenoxy) is 2. The predicted octanol–water partition coefficient (Wildman–Crippen LogP) is 2.46. The van der Waals surface area contributed by atoms with Crippen LogP contribution >= 0.6 is 24.0 Å². The van der Waals surface area contributed by atoms with Crippen LogP contribution in [0.15, 0.2) is 23.3 Å². The third-order valence-electron chi connectivity index (χ3n) is 3.75. The topological polar surface area (TPSA) is 81.8 Å². The number of guanidine groups is 1. The molecule has 1 fully saturated rings. The molecule has 1 heterocycles. The van der Waals surface area contributed by atoms with Crippen LogP contribution in [0.2, 0.25) is 0 Å². The van der Waals surface area contributed by atoms with Gasteiger partial charge >= 0.3 is 0 Å². The van der Waals surface area contributed by atoms with Crippen molar-refractivity contribution in [2.24, 2.45) is 10.7 Å². The van der Waals surface area contributed by atoms with Crippen LogP contribution in [0, 0.1) is 0 Å². The number of hydrogen-bond donors (Lipinski definition) is 2. The average molecular weight is 434 g/mol. The van der Waals surface area contributed by atoms with Gasteiger partial charge in [-0.25, -0.2) is 9.98 Å². The molecule has 130 valence electrons. The minimum Gasteiger partial charge on any atom is -0.475 e. The maximum Gasteiger partial charge on any atom is 0.218 e. The molecule has 3 N–H and O–H groups in total. The van der Waals surface area contributed by atoms with Gasteiger partial charge in [0, 0.05) is 24.9 Å². The van der Waals surface area contributed by atoms with Crippen molar-refractivity contribution in [3.8, 4) is 5.88 Å². The van der Waals surface area contributed by atoms with Crippen LogP contribution in [0.4, 0.5) is 0 Å². The lowest BCUT2D eigenvalue weighted by Crippen LogP contribution is -2.41. The fourth-order valence-corrected chi connectivity index (χ4v) is 2.57. The van der Waals surface area contributed by atoms with Crippen LogP contribution in [-0.2, 0) is 11.3 Å². The third-order valence-corrected chi connectivity index (χ3v) is 3.75. The van der Waals surface area contributed by atoms with Crippen molar-refractivity contribution < 1.29 is 9.47 Å². The van der Waals surface area contributed by atoms with E-state index in [1.54, 1.807) is 13.3 Å². The van der Waals surface area contributed by atoms with Gasteiger partial charge in [-0.3, -0.25) is 0 Å². The normalized spacial score (nSPS) is 15.8. The van der Waals surface area contributed by atoms with E-state index in [9.17, 15) is 0 Å². The Morgan fingerprint density at radius 1 is 1.35 bits per heavy atom. The Balaban J connectivity index is 0.00000264. The molecule has 0 saturated heterocycles. The Morgan fingerprint density at radius 2 is 2.13 bits per heavy atom. The summed E-state index contributed by atoms with van der Waals surface area (Å²) in [6, 6.07) is 4.29. The van der Waals surface area contributed by atoms with E-state index in [1.807, 2.05) is 12.1 Å². The number of aromatic nitrogens is 1. The first-order valence-electron chi connectivity index (χ1n) is 7.91. The SMILES string of the molecule is COCCOc1ncccc1CN=C(N)NC1CCCCC1.I. The first-order chi connectivity index (χ1) is 10.8. The van der Waals surface area contributed by atoms with E-state index in [4.69, 9.17) is 15.2 Å². The highest BCUT2D eigenvalue weighted by Gasteiger charge is 2.13. The molecule has 0 radical (unpaired) electrons. The summed E-state index contributed by atoms with van der Waals surface area (Å²) >= 11 is 0. The van der Waals surface area contributed by atoms with Crippen LogP contribution < -0.4 is 15.8 Å². The second-order valence-electron chi connectivity index (χ2n) is 5.49. The Morgan fingerprint density at radius 3 is 2.87 bits per heavy atom. The number of methoxy groups -OCH3 is 1. The van der Waals surface area contributed by atoms with E-state index in [-0.39, 0.29) is 24.0 Å². The van der Waals surface area contributed by atoms with Crippen LogP contribution in [0.1, 0.15) is 37.7 Å². The summed E-state index contributed by atoms with van der Waals surface area (Å²) < 4.78 is 10.6. The standard InChI is InChI=1S/C16H26N4O2.HI/c1-21-10-11-22-15-13(6-5-9-18-15)12-19-16(17)20-14-7-3-2-4-8-14;/h5-6,9,14H,2-4,7-8,10-12H2,1H3,(H3,17,19,20);1H. The van der Waals surface area contributed by atoms with E-state index in [0.717, 1.165) is 5.56 Å². The van der Waals surface area contributed by atoms with Gasteiger partial charge in [0.2, 0.25) is 5.88 Å². The molecule has 23 heavy (non-hydrogen) atoms. The molecule has 0 spiro atoms. The first kappa shape index (κ1) is 20.0.